The van der Waals surface area contributed by atoms with Gasteiger partial charge in [0.2, 0.25) is 0 Å². The maximum Gasteiger partial charge on any atom is 0.0408 e. The first-order valence-corrected chi connectivity index (χ1v) is 5.43. The van der Waals surface area contributed by atoms with Crippen molar-refractivity contribution in [3.8, 4) is 0 Å². The Kier molecular flexibility index (Phi) is 2.87. The Hall–Kier alpha value is -1.24. The third kappa shape index (κ3) is 1.82. The predicted molar refractivity (Wildman–Crippen MR) is 61.4 cm³/mol. The van der Waals surface area contributed by atoms with Crippen molar-refractivity contribution < 1.29 is 0 Å². The lowest BCUT2D eigenvalue weighted by molar-refractivity contribution is 0.850. The Morgan fingerprint density at radius 1 is 1.21 bits per heavy atom. The van der Waals surface area contributed by atoms with Crippen LogP contribution in [0.2, 0.25) is 0 Å². The summed E-state index contributed by atoms with van der Waals surface area (Å²) >= 11 is 0. The first kappa shape index (κ1) is 9.32. The van der Waals surface area contributed by atoms with Crippen molar-refractivity contribution in [3.63, 3.8) is 0 Å². The van der Waals surface area contributed by atoms with E-state index in [4.69, 9.17) is 0 Å². The molecule has 0 aromatic heterocycles. The van der Waals surface area contributed by atoms with Gasteiger partial charge in [0.15, 0.2) is 0 Å². The van der Waals surface area contributed by atoms with E-state index in [-0.39, 0.29) is 0 Å². The zero-order valence-electron chi connectivity index (χ0n) is 8.74. The van der Waals surface area contributed by atoms with Crippen LogP contribution in [0.1, 0.15) is 26.2 Å². The van der Waals surface area contributed by atoms with Crippen LogP contribution >= 0.6 is 0 Å². The monoisotopic (exact) mass is 187 g/mol. The number of allylic oxidation sites excluding steroid dienone is 2. The Morgan fingerprint density at radius 3 is 2.57 bits per heavy atom. The molecule has 0 spiro atoms. The second-order valence-electron chi connectivity index (χ2n) is 3.67. The first-order chi connectivity index (χ1) is 6.92. The molecule has 0 N–H and O–H groups in total. The lowest BCUT2D eigenvalue weighted by Gasteiger charge is -2.24. The van der Waals surface area contributed by atoms with E-state index in [0.29, 0.717) is 0 Å². The summed E-state index contributed by atoms with van der Waals surface area (Å²) in [6, 6.07) is 10.6. The normalized spacial score (nSPS) is 15.4. The summed E-state index contributed by atoms with van der Waals surface area (Å²) in [5.41, 5.74) is 2.82. The lowest BCUT2D eigenvalue weighted by atomic mass is 10.2. The van der Waals surface area contributed by atoms with Gasteiger partial charge in [-0.3, -0.25) is 0 Å². The van der Waals surface area contributed by atoms with E-state index in [0.717, 1.165) is 6.54 Å². The Morgan fingerprint density at radius 2 is 2.00 bits per heavy atom. The molecule has 0 atom stereocenters. The molecular formula is C13H17N. The minimum atomic E-state index is 1.07. The fourth-order valence-electron chi connectivity index (χ4n) is 2.06. The van der Waals surface area contributed by atoms with Gasteiger partial charge in [-0.05, 0) is 38.3 Å². The maximum absolute atomic E-state index is 2.41. The number of para-hydroxylation sites is 1. The number of rotatable bonds is 3. The maximum atomic E-state index is 2.41. The van der Waals surface area contributed by atoms with Gasteiger partial charge in [-0.15, -0.1) is 0 Å². The van der Waals surface area contributed by atoms with E-state index in [9.17, 15) is 0 Å². The summed E-state index contributed by atoms with van der Waals surface area (Å²) in [6.07, 6.45) is 6.18. The molecule has 0 unspecified atom stereocenters. The van der Waals surface area contributed by atoms with Gasteiger partial charge in [0.1, 0.15) is 0 Å². The van der Waals surface area contributed by atoms with Gasteiger partial charge >= 0.3 is 0 Å². The van der Waals surface area contributed by atoms with E-state index in [1.807, 2.05) is 0 Å². The minimum absolute atomic E-state index is 1.07. The van der Waals surface area contributed by atoms with Crippen molar-refractivity contribution in [1.82, 2.24) is 0 Å². The largest absolute Gasteiger partial charge is 0.346 e. The standard InChI is InChI=1S/C13H17N/c1-2-14(13-10-6-7-11-13)12-8-4-3-5-9-12/h3-5,8-10H,2,6-7,11H2,1H3. The van der Waals surface area contributed by atoms with Gasteiger partial charge in [0, 0.05) is 17.9 Å². The van der Waals surface area contributed by atoms with Crippen molar-refractivity contribution in [3.05, 3.63) is 42.1 Å². The number of hydrogen-bond acceptors (Lipinski definition) is 1. The molecule has 0 fully saturated rings. The molecule has 0 saturated carbocycles. The third-order valence-corrected chi connectivity index (χ3v) is 2.75. The van der Waals surface area contributed by atoms with Crippen LogP contribution in [-0.4, -0.2) is 6.54 Å². The van der Waals surface area contributed by atoms with Crippen LogP contribution in [0.25, 0.3) is 0 Å². The first-order valence-electron chi connectivity index (χ1n) is 5.43. The number of hydrogen-bond donors (Lipinski definition) is 0. The molecule has 1 aliphatic carbocycles. The highest BCUT2D eigenvalue weighted by Gasteiger charge is 2.12. The van der Waals surface area contributed by atoms with Crippen LogP contribution in [0.3, 0.4) is 0 Å². The van der Waals surface area contributed by atoms with Gasteiger partial charge in [-0.25, -0.2) is 0 Å². The fraction of sp³-hybridized carbons (Fsp3) is 0.385. The van der Waals surface area contributed by atoms with E-state index >= 15 is 0 Å². The second kappa shape index (κ2) is 4.32. The molecule has 1 aromatic rings. The van der Waals surface area contributed by atoms with Crippen LogP contribution in [0.15, 0.2) is 42.1 Å². The highest BCUT2D eigenvalue weighted by molar-refractivity contribution is 5.52. The zero-order valence-corrected chi connectivity index (χ0v) is 8.74. The van der Waals surface area contributed by atoms with Crippen LogP contribution in [-0.2, 0) is 0 Å². The van der Waals surface area contributed by atoms with Crippen LogP contribution in [0.4, 0.5) is 5.69 Å². The molecule has 1 aromatic carbocycles. The molecule has 1 heteroatoms. The molecule has 0 saturated heterocycles. The number of benzene rings is 1. The highest BCUT2D eigenvalue weighted by Crippen LogP contribution is 2.26. The Bertz CT molecular complexity index is 313. The van der Waals surface area contributed by atoms with Crippen LogP contribution < -0.4 is 4.90 Å². The summed E-state index contributed by atoms with van der Waals surface area (Å²) < 4.78 is 0. The van der Waals surface area contributed by atoms with Gasteiger partial charge in [-0.2, -0.15) is 0 Å². The van der Waals surface area contributed by atoms with E-state index in [2.05, 4.69) is 48.2 Å². The predicted octanol–water partition coefficient (Wildman–Crippen LogP) is 3.58. The van der Waals surface area contributed by atoms with E-state index < -0.39 is 0 Å². The molecular weight excluding hydrogens is 170 g/mol. The fourth-order valence-corrected chi connectivity index (χ4v) is 2.06. The molecule has 0 amide bonds. The molecule has 0 aliphatic heterocycles. The summed E-state index contributed by atoms with van der Waals surface area (Å²) in [5.74, 6) is 0. The average Bonchev–Trinajstić information content (AvgIpc) is 2.74. The molecule has 1 nitrogen and oxygen atoms in total. The third-order valence-electron chi connectivity index (χ3n) is 2.75. The SMILES string of the molecule is CCN(C1=CCCC1)c1ccccc1. The minimum Gasteiger partial charge on any atom is -0.346 e. The van der Waals surface area contributed by atoms with Crippen molar-refractivity contribution in [2.24, 2.45) is 0 Å². The smallest absolute Gasteiger partial charge is 0.0408 e. The van der Waals surface area contributed by atoms with E-state index in [1.165, 1.54) is 30.6 Å². The van der Waals surface area contributed by atoms with Crippen molar-refractivity contribution in [2.45, 2.75) is 26.2 Å². The molecule has 1 aliphatic rings. The quantitative estimate of drug-likeness (QED) is 0.699. The van der Waals surface area contributed by atoms with Crippen LogP contribution in [0, 0.1) is 0 Å². The van der Waals surface area contributed by atoms with Crippen molar-refractivity contribution >= 4 is 5.69 Å². The van der Waals surface area contributed by atoms with Gasteiger partial charge in [0.05, 0.1) is 0 Å². The molecule has 0 heterocycles. The highest BCUT2D eigenvalue weighted by atomic mass is 15.1. The van der Waals surface area contributed by atoms with Crippen molar-refractivity contribution in [1.29, 1.82) is 0 Å². The average molecular weight is 187 g/mol. The van der Waals surface area contributed by atoms with E-state index in [1.54, 1.807) is 0 Å². The molecule has 0 bridgehead atoms. The molecule has 2 rings (SSSR count). The summed E-state index contributed by atoms with van der Waals surface area (Å²) in [4.78, 5) is 2.41. The molecule has 74 valence electrons. The van der Waals surface area contributed by atoms with Gasteiger partial charge in [0.25, 0.3) is 0 Å². The van der Waals surface area contributed by atoms with Crippen molar-refractivity contribution in [2.75, 3.05) is 11.4 Å². The molecule has 14 heavy (non-hydrogen) atoms. The summed E-state index contributed by atoms with van der Waals surface area (Å²) in [7, 11) is 0. The van der Waals surface area contributed by atoms with Gasteiger partial charge < -0.3 is 4.90 Å². The second-order valence-corrected chi connectivity index (χ2v) is 3.67. The zero-order chi connectivity index (χ0) is 9.80. The Balaban J connectivity index is 2.21. The summed E-state index contributed by atoms with van der Waals surface area (Å²) in [5, 5.41) is 0. The lowest BCUT2D eigenvalue weighted by Crippen LogP contribution is -2.20. The number of nitrogens with zero attached hydrogens (tertiary/aromatic N) is 1. The Labute approximate surface area is 86.1 Å². The molecule has 0 radical (unpaired) electrons. The summed E-state index contributed by atoms with van der Waals surface area (Å²) in [6.45, 7) is 3.28. The van der Waals surface area contributed by atoms with Gasteiger partial charge in [-0.1, -0.05) is 24.3 Å². The van der Waals surface area contributed by atoms with Crippen LogP contribution in [0.5, 0.6) is 0 Å². The topological polar surface area (TPSA) is 3.24 Å². The number of anilines is 1.